The van der Waals surface area contributed by atoms with Gasteiger partial charge < -0.3 is 15.6 Å². The lowest BCUT2D eigenvalue weighted by Gasteiger charge is -2.13. The van der Waals surface area contributed by atoms with Gasteiger partial charge in [-0.1, -0.05) is 17.3 Å². The number of hydrogen-bond acceptors (Lipinski definition) is 8. The molecule has 0 aliphatic carbocycles. The number of nitrogens with two attached hydrogens (primary N) is 1. The molecule has 3 aromatic heterocycles. The van der Waals surface area contributed by atoms with E-state index < -0.39 is 0 Å². The lowest BCUT2D eigenvalue weighted by Crippen LogP contribution is -2.12. The molecule has 0 fully saturated rings. The van der Waals surface area contributed by atoms with Crippen molar-refractivity contribution in [2.24, 2.45) is 5.73 Å². The third-order valence-electron chi connectivity index (χ3n) is 4.12. The normalized spacial score (nSPS) is 12.2. The largest absolute Gasteiger partial charge is 0.358 e. The first-order chi connectivity index (χ1) is 13.2. The molecule has 0 bridgehead atoms. The molecule has 8 heteroatoms. The van der Waals surface area contributed by atoms with E-state index in [4.69, 9.17) is 10.3 Å². The van der Waals surface area contributed by atoms with Crippen LogP contribution in [0.3, 0.4) is 0 Å². The Bertz CT molecular complexity index is 1050. The van der Waals surface area contributed by atoms with Crippen LogP contribution in [-0.2, 0) is 6.42 Å². The Labute approximate surface area is 155 Å². The Morgan fingerprint density at radius 1 is 1.07 bits per heavy atom. The summed E-state index contributed by atoms with van der Waals surface area (Å²) in [6.45, 7) is 2.44. The quantitative estimate of drug-likeness (QED) is 0.538. The number of para-hydroxylation sites is 1. The van der Waals surface area contributed by atoms with Gasteiger partial charge in [-0.25, -0.2) is 9.97 Å². The molecule has 0 saturated carbocycles. The van der Waals surface area contributed by atoms with Gasteiger partial charge in [0.1, 0.15) is 17.7 Å². The number of aromatic nitrogens is 5. The smallest absolute Gasteiger partial charge is 0.249 e. The van der Waals surface area contributed by atoms with E-state index in [-0.39, 0.29) is 6.04 Å². The summed E-state index contributed by atoms with van der Waals surface area (Å²) in [6.07, 6.45) is 4.00. The molecule has 0 spiro atoms. The third kappa shape index (κ3) is 3.61. The number of nitrogens with zero attached hydrogens (tertiary/aromatic N) is 5. The average Bonchev–Trinajstić information content (AvgIpc) is 3.19. The van der Waals surface area contributed by atoms with Crippen LogP contribution in [0, 0.1) is 0 Å². The van der Waals surface area contributed by atoms with Crippen molar-refractivity contribution in [3.8, 4) is 11.4 Å². The van der Waals surface area contributed by atoms with Gasteiger partial charge in [0.2, 0.25) is 11.7 Å². The number of benzene rings is 1. The number of rotatable bonds is 6. The summed E-state index contributed by atoms with van der Waals surface area (Å²) < 4.78 is 5.44. The van der Waals surface area contributed by atoms with E-state index in [1.54, 1.807) is 12.4 Å². The maximum Gasteiger partial charge on any atom is 0.249 e. The van der Waals surface area contributed by atoms with E-state index >= 15 is 0 Å². The van der Waals surface area contributed by atoms with Crippen LogP contribution in [0.1, 0.15) is 24.7 Å². The van der Waals surface area contributed by atoms with Gasteiger partial charge in [0, 0.05) is 29.8 Å². The molecule has 0 amide bonds. The zero-order chi connectivity index (χ0) is 18.6. The van der Waals surface area contributed by atoms with Crippen molar-refractivity contribution in [1.29, 1.82) is 0 Å². The molecule has 1 unspecified atom stereocenters. The molecule has 0 saturated heterocycles. The number of nitrogens with one attached hydrogen (secondary N) is 1. The summed E-state index contributed by atoms with van der Waals surface area (Å²) in [7, 11) is 0. The molecule has 3 N–H and O–H groups in total. The molecule has 0 aliphatic rings. The molecule has 1 atom stereocenters. The maximum atomic E-state index is 5.67. The maximum absolute atomic E-state index is 5.67. The molecule has 136 valence electrons. The minimum absolute atomic E-state index is 0.225. The van der Waals surface area contributed by atoms with Crippen LogP contribution in [0.4, 0.5) is 5.82 Å². The van der Waals surface area contributed by atoms with Gasteiger partial charge in [-0.3, -0.25) is 4.98 Å². The van der Waals surface area contributed by atoms with E-state index in [0.29, 0.717) is 30.5 Å². The van der Waals surface area contributed by atoms with Crippen molar-refractivity contribution in [2.75, 3.05) is 11.9 Å². The Hall–Kier alpha value is -3.39. The molecule has 0 radical (unpaired) electrons. The van der Waals surface area contributed by atoms with Crippen molar-refractivity contribution in [3.05, 3.63) is 60.5 Å². The number of pyridine rings is 1. The Morgan fingerprint density at radius 3 is 2.70 bits per heavy atom. The summed E-state index contributed by atoms with van der Waals surface area (Å²) in [5.74, 6) is 2.43. The van der Waals surface area contributed by atoms with Crippen molar-refractivity contribution in [3.63, 3.8) is 0 Å². The van der Waals surface area contributed by atoms with Crippen LogP contribution in [0.15, 0.2) is 53.3 Å². The Morgan fingerprint density at radius 2 is 1.89 bits per heavy atom. The van der Waals surface area contributed by atoms with Crippen LogP contribution in [0.25, 0.3) is 22.3 Å². The van der Waals surface area contributed by atoms with Gasteiger partial charge in [-0.2, -0.15) is 4.98 Å². The van der Waals surface area contributed by atoms with Crippen molar-refractivity contribution < 1.29 is 4.52 Å². The van der Waals surface area contributed by atoms with Crippen molar-refractivity contribution >= 4 is 16.7 Å². The topological polar surface area (TPSA) is 116 Å². The van der Waals surface area contributed by atoms with Crippen LogP contribution in [-0.4, -0.2) is 31.6 Å². The lowest BCUT2D eigenvalue weighted by atomic mass is 10.2. The molecule has 8 nitrogen and oxygen atoms in total. The molecule has 0 aliphatic heterocycles. The van der Waals surface area contributed by atoms with Gasteiger partial charge >= 0.3 is 0 Å². The predicted molar refractivity (Wildman–Crippen MR) is 102 cm³/mol. The van der Waals surface area contributed by atoms with Crippen LogP contribution < -0.4 is 11.1 Å². The van der Waals surface area contributed by atoms with Crippen LogP contribution in [0.5, 0.6) is 0 Å². The minimum Gasteiger partial charge on any atom is -0.358 e. The monoisotopic (exact) mass is 361 g/mol. The SMILES string of the molecule is CC(Nc1nc(CCN)nc2ccccc12)c1nc(-c2ccncc2)no1. The Balaban J connectivity index is 1.63. The summed E-state index contributed by atoms with van der Waals surface area (Å²) in [5, 5.41) is 8.35. The highest BCUT2D eigenvalue weighted by Crippen LogP contribution is 2.25. The summed E-state index contributed by atoms with van der Waals surface area (Å²) in [6, 6.07) is 11.3. The zero-order valence-corrected chi connectivity index (χ0v) is 14.8. The first-order valence-corrected chi connectivity index (χ1v) is 8.71. The second kappa shape index (κ2) is 7.46. The third-order valence-corrected chi connectivity index (χ3v) is 4.12. The first-order valence-electron chi connectivity index (χ1n) is 8.71. The van der Waals surface area contributed by atoms with E-state index in [0.717, 1.165) is 22.3 Å². The van der Waals surface area contributed by atoms with Gasteiger partial charge in [-0.15, -0.1) is 0 Å². The van der Waals surface area contributed by atoms with E-state index in [1.165, 1.54) is 0 Å². The molecular formula is C19H19N7O. The van der Waals surface area contributed by atoms with Crippen LogP contribution >= 0.6 is 0 Å². The number of fused-ring (bicyclic) bond motifs is 1. The molecule has 4 aromatic rings. The summed E-state index contributed by atoms with van der Waals surface area (Å²) in [4.78, 5) is 17.7. The van der Waals surface area contributed by atoms with Gasteiger partial charge in [0.15, 0.2) is 0 Å². The highest BCUT2D eigenvalue weighted by Gasteiger charge is 2.17. The molecule has 27 heavy (non-hydrogen) atoms. The van der Waals surface area contributed by atoms with Gasteiger partial charge in [0.25, 0.3) is 0 Å². The fourth-order valence-corrected chi connectivity index (χ4v) is 2.77. The first kappa shape index (κ1) is 17.0. The highest BCUT2D eigenvalue weighted by atomic mass is 16.5. The summed E-state index contributed by atoms with van der Waals surface area (Å²) >= 11 is 0. The van der Waals surface area contributed by atoms with Gasteiger partial charge in [-0.05, 0) is 37.7 Å². The fraction of sp³-hybridized carbons (Fsp3) is 0.211. The minimum atomic E-state index is -0.225. The molecular weight excluding hydrogens is 342 g/mol. The molecule has 4 rings (SSSR count). The average molecular weight is 361 g/mol. The number of hydrogen-bond donors (Lipinski definition) is 2. The van der Waals surface area contributed by atoms with Crippen molar-refractivity contribution in [2.45, 2.75) is 19.4 Å². The standard InChI is InChI=1S/C19H19N7O/c1-12(19-25-17(26-27-19)13-7-10-21-11-8-13)22-18-14-4-2-3-5-15(14)23-16(24-18)6-9-20/h2-5,7-8,10-12H,6,9,20H2,1H3,(H,22,23,24). The summed E-state index contributed by atoms with van der Waals surface area (Å²) in [5.41, 5.74) is 7.39. The van der Waals surface area contributed by atoms with E-state index in [1.807, 2.05) is 43.3 Å². The van der Waals surface area contributed by atoms with Crippen LogP contribution in [0.2, 0.25) is 0 Å². The fourth-order valence-electron chi connectivity index (χ4n) is 2.77. The van der Waals surface area contributed by atoms with Crippen molar-refractivity contribution in [1.82, 2.24) is 25.1 Å². The zero-order valence-electron chi connectivity index (χ0n) is 14.8. The Kier molecular flexibility index (Phi) is 4.71. The van der Waals surface area contributed by atoms with Gasteiger partial charge in [0.05, 0.1) is 5.52 Å². The van der Waals surface area contributed by atoms with E-state index in [9.17, 15) is 0 Å². The highest BCUT2D eigenvalue weighted by molar-refractivity contribution is 5.89. The number of anilines is 1. The predicted octanol–water partition coefficient (Wildman–Crippen LogP) is 2.75. The molecule has 3 heterocycles. The second-order valence-corrected chi connectivity index (χ2v) is 6.10. The van der Waals surface area contributed by atoms with E-state index in [2.05, 4.69) is 30.4 Å². The lowest BCUT2D eigenvalue weighted by molar-refractivity contribution is 0.368. The second-order valence-electron chi connectivity index (χ2n) is 6.10. The molecule has 1 aromatic carbocycles.